The quantitative estimate of drug-likeness (QED) is 0.260. The van der Waals surface area contributed by atoms with Crippen molar-refractivity contribution in [1.82, 2.24) is 0 Å². The second-order valence-corrected chi connectivity index (χ2v) is 13.9. The number of carbonyl (C=O) groups excluding carboxylic acids is 3. The van der Waals surface area contributed by atoms with E-state index in [1.807, 2.05) is 0 Å². The summed E-state index contributed by atoms with van der Waals surface area (Å²) in [6, 6.07) is 0. The maximum Gasteiger partial charge on any atom is 0.310 e. The number of hydrogen-bond donors (Lipinski definition) is 0. The highest BCUT2D eigenvalue weighted by Crippen LogP contribution is 2.73. The summed E-state index contributed by atoms with van der Waals surface area (Å²) in [5.41, 5.74) is 0.393. The molecule has 7 aliphatic rings. The van der Waals surface area contributed by atoms with Crippen LogP contribution in [-0.4, -0.2) is 56.4 Å². The summed E-state index contributed by atoms with van der Waals surface area (Å²) in [5.74, 6) is -0.720. The fourth-order valence-corrected chi connectivity index (χ4v) is 9.56. The van der Waals surface area contributed by atoms with Crippen LogP contribution in [0, 0.1) is 51.8 Å². The van der Waals surface area contributed by atoms with E-state index in [9.17, 15) is 14.4 Å². The number of fused-ring (bicyclic) bond motifs is 2. The number of hydrogen-bond acceptors (Lipinski definition) is 7. The molecule has 2 saturated heterocycles. The molecular formula is C31H44O7. The van der Waals surface area contributed by atoms with Crippen molar-refractivity contribution in [3.63, 3.8) is 0 Å². The molecule has 0 aromatic rings. The predicted molar refractivity (Wildman–Crippen MR) is 139 cm³/mol. The number of allylic oxidation sites excluding steroid dienone is 2. The number of ether oxygens (including phenoxy) is 4. The van der Waals surface area contributed by atoms with Crippen LogP contribution in [0.15, 0.2) is 11.6 Å². The Morgan fingerprint density at radius 2 is 1.61 bits per heavy atom. The van der Waals surface area contributed by atoms with Gasteiger partial charge in [-0.05, 0) is 68.1 Å². The van der Waals surface area contributed by atoms with Crippen molar-refractivity contribution in [1.29, 1.82) is 0 Å². The van der Waals surface area contributed by atoms with E-state index < -0.39 is 17.3 Å². The van der Waals surface area contributed by atoms with Gasteiger partial charge in [0.15, 0.2) is 0 Å². The summed E-state index contributed by atoms with van der Waals surface area (Å²) in [5, 5.41) is 0. The highest BCUT2D eigenvalue weighted by atomic mass is 16.6. The lowest BCUT2D eigenvalue weighted by Gasteiger charge is -2.69. The Morgan fingerprint density at radius 1 is 0.974 bits per heavy atom. The summed E-state index contributed by atoms with van der Waals surface area (Å²) in [4.78, 5) is 40.8. The van der Waals surface area contributed by atoms with E-state index in [4.69, 9.17) is 18.9 Å². The number of carbonyl (C=O) groups is 3. The smallest absolute Gasteiger partial charge is 0.310 e. The molecular weight excluding hydrogens is 484 g/mol. The minimum Gasteiger partial charge on any atom is -0.463 e. The average Bonchev–Trinajstić information content (AvgIpc) is 3.79. The molecule has 0 N–H and O–H groups in total. The molecule has 10 unspecified atom stereocenters. The van der Waals surface area contributed by atoms with E-state index >= 15 is 0 Å². The summed E-state index contributed by atoms with van der Waals surface area (Å²) >= 11 is 0. The van der Waals surface area contributed by atoms with E-state index in [1.165, 1.54) is 5.57 Å². The van der Waals surface area contributed by atoms with Crippen molar-refractivity contribution >= 4 is 17.7 Å². The van der Waals surface area contributed by atoms with Crippen LogP contribution >= 0.6 is 0 Å². The van der Waals surface area contributed by atoms with Gasteiger partial charge in [-0.25, -0.2) is 0 Å². The molecule has 5 aliphatic carbocycles. The van der Waals surface area contributed by atoms with Crippen molar-refractivity contribution in [3.05, 3.63) is 11.6 Å². The van der Waals surface area contributed by atoms with Gasteiger partial charge in [0.2, 0.25) is 0 Å². The minimum atomic E-state index is -0.580. The molecule has 0 radical (unpaired) electrons. The highest BCUT2D eigenvalue weighted by molar-refractivity contribution is 5.85. The lowest BCUT2D eigenvalue weighted by molar-refractivity contribution is -0.207. The van der Waals surface area contributed by atoms with Crippen LogP contribution in [0.2, 0.25) is 0 Å². The van der Waals surface area contributed by atoms with Crippen LogP contribution in [-0.2, 0) is 33.3 Å². The van der Waals surface area contributed by atoms with Crippen LogP contribution < -0.4 is 0 Å². The number of ketones is 1. The molecule has 7 nitrogen and oxygen atoms in total. The van der Waals surface area contributed by atoms with Gasteiger partial charge in [0, 0.05) is 10.8 Å². The minimum absolute atomic E-state index is 0.0241. The molecule has 7 heteroatoms. The molecule has 10 atom stereocenters. The zero-order valence-electron chi connectivity index (χ0n) is 23.6. The fourth-order valence-electron chi connectivity index (χ4n) is 9.56. The first-order valence-electron chi connectivity index (χ1n) is 14.8. The first-order valence-corrected chi connectivity index (χ1v) is 14.8. The Hall–Kier alpha value is -1.73. The fraction of sp³-hybridized carbons (Fsp3) is 0.839. The van der Waals surface area contributed by atoms with Gasteiger partial charge in [0.1, 0.15) is 31.2 Å². The molecule has 0 aromatic carbocycles. The Kier molecular flexibility index (Phi) is 6.38. The largest absolute Gasteiger partial charge is 0.463 e. The Morgan fingerprint density at radius 3 is 2.18 bits per heavy atom. The summed E-state index contributed by atoms with van der Waals surface area (Å²) in [7, 11) is 0. The summed E-state index contributed by atoms with van der Waals surface area (Å²) in [6.45, 7) is 12.4. The molecule has 3 saturated carbocycles. The molecule has 210 valence electrons. The number of rotatable bonds is 8. The van der Waals surface area contributed by atoms with Crippen LogP contribution in [0.3, 0.4) is 0 Å². The van der Waals surface area contributed by atoms with Gasteiger partial charge >= 0.3 is 11.9 Å². The van der Waals surface area contributed by atoms with Gasteiger partial charge in [-0.3, -0.25) is 14.4 Å². The van der Waals surface area contributed by atoms with Gasteiger partial charge in [0.25, 0.3) is 0 Å². The van der Waals surface area contributed by atoms with Crippen molar-refractivity contribution in [2.45, 2.75) is 85.4 Å². The summed E-state index contributed by atoms with van der Waals surface area (Å²) < 4.78 is 22.3. The second-order valence-electron chi connectivity index (χ2n) is 13.9. The van der Waals surface area contributed by atoms with Gasteiger partial charge in [0.05, 0.1) is 25.0 Å². The van der Waals surface area contributed by atoms with Gasteiger partial charge < -0.3 is 18.9 Å². The maximum absolute atomic E-state index is 14.0. The van der Waals surface area contributed by atoms with Crippen molar-refractivity contribution in [2.75, 3.05) is 26.4 Å². The van der Waals surface area contributed by atoms with Gasteiger partial charge in [-0.15, -0.1) is 0 Å². The molecule has 2 bridgehead atoms. The van der Waals surface area contributed by atoms with Crippen molar-refractivity contribution in [2.24, 2.45) is 51.8 Å². The topological polar surface area (TPSA) is 94.7 Å². The van der Waals surface area contributed by atoms with E-state index in [1.54, 1.807) is 6.92 Å². The molecule has 7 rings (SSSR count). The molecule has 1 spiro atoms. The van der Waals surface area contributed by atoms with Crippen molar-refractivity contribution in [3.8, 4) is 0 Å². The van der Waals surface area contributed by atoms with E-state index in [0.29, 0.717) is 13.2 Å². The third-order valence-electron chi connectivity index (χ3n) is 11.6. The van der Waals surface area contributed by atoms with Crippen molar-refractivity contribution < 1.29 is 33.3 Å². The van der Waals surface area contributed by atoms with Gasteiger partial charge in [-0.2, -0.15) is 0 Å². The highest BCUT2D eigenvalue weighted by Gasteiger charge is 2.71. The van der Waals surface area contributed by atoms with Crippen LogP contribution in [0.5, 0.6) is 0 Å². The normalized spacial score (nSPS) is 46.5. The lowest BCUT2D eigenvalue weighted by atomic mass is 9.34. The van der Waals surface area contributed by atoms with Gasteiger partial charge in [-0.1, -0.05) is 45.8 Å². The zero-order chi connectivity index (χ0) is 27.0. The third kappa shape index (κ3) is 4.01. The predicted octanol–water partition coefficient (Wildman–Crippen LogP) is 4.52. The van der Waals surface area contributed by atoms with E-state index in [2.05, 4.69) is 33.8 Å². The third-order valence-corrected chi connectivity index (χ3v) is 11.6. The molecule has 0 aromatic heterocycles. The zero-order valence-corrected chi connectivity index (χ0v) is 23.6. The molecule has 2 heterocycles. The Labute approximate surface area is 226 Å². The molecule has 5 fully saturated rings. The monoisotopic (exact) mass is 528 g/mol. The van der Waals surface area contributed by atoms with Crippen LogP contribution in [0.4, 0.5) is 0 Å². The SMILES string of the molecule is CC(=O)C1(C)CCCC2(C)C1CCC13C=C(C(C)C)C(CC21)C(C(=O)OCC1CO1)C3C(=O)OCC1CO1. The molecule has 0 amide bonds. The second kappa shape index (κ2) is 9.15. The lowest BCUT2D eigenvalue weighted by Crippen LogP contribution is -2.66. The molecule has 2 aliphatic heterocycles. The standard InChI is InChI=1S/C31H44O7/c1-17(2)22-12-31-10-7-23-29(4,18(3)32)8-6-9-30(23,5)24(31)11-21(22)25(27(33)37-15-19-13-35-19)26(31)28(34)38-16-20-14-36-20/h12,17,19-21,23-26H,6-11,13-16H2,1-5H3. The number of Topliss-reactive ketones (excluding diaryl/α,β-unsaturated/α-hetero) is 1. The van der Waals surface area contributed by atoms with E-state index in [-0.39, 0.29) is 77.6 Å². The number of esters is 2. The Balaban J connectivity index is 1.42. The van der Waals surface area contributed by atoms with Crippen LogP contribution in [0.1, 0.15) is 73.1 Å². The number of epoxide rings is 2. The molecule has 38 heavy (non-hydrogen) atoms. The summed E-state index contributed by atoms with van der Waals surface area (Å²) in [6.07, 6.45) is 7.88. The van der Waals surface area contributed by atoms with E-state index in [0.717, 1.165) is 38.5 Å². The van der Waals surface area contributed by atoms with Crippen LogP contribution in [0.25, 0.3) is 0 Å². The maximum atomic E-state index is 14.0. The average molecular weight is 529 g/mol. The first kappa shape index (κ1) is 26.5. The first-order chi connectivity index (χ1) is 18.0. The Bertz CT molecular complexity index is 1040.